The lowest BCUT2D eigenvalue weighted by Gasteiger charge is -2.46. The number of esters is 1. The van der Waals surface area contributed by atoms with Crippen LogP contribution in [0.1, 0.15) is 239 Å². The van der Waals surface area contributed by atoms with Crippen LogP contribution in [-0.4, -0.2) is 140 Å². The van der Waals surface area contributed by atoms with E-state index < -0.39 is 112 Å². The minimum atomic E-state index is -5.56. The molecule has 0 aromatic carbocycles. The Bertz CT molecular complexity index is 1500. The molecule has 0 radical (unpaired) electrons. The molecule has 2 saturated heterocycles. The van der Waals surface area contributed by atoms with Crippen LogP contribution in [0.4, 0.5) is 0 Å². The Balaban J connectivity index is 0.0000281. The molecule has 2 aliphatic heterocycles. The second-order valence-corrected chi connectivity index (χ2v) is 22.2. The summed E-state index contributed by atoms with van der Waals surface area (Å²) >= 11 is 0. The van der Waals surface area contributed by atoms with Gasteiger partial charge in [-0.25, -0.2) is 0 Å². The molecule has 444 valence electrons. The van der Waals surface area contributed by atoms with Crippen molar-refractivity contribution in [1.82, 2.24) is 16.8 Å². The van der Waals surface area contributed by atoms with Gasteiger partial charge in [0.05, 0.1) is 32.2 Å². The lowest BCUT2D eigenvalue weighted by Crippen LogP contribution is -2.67. The molecule has 2 fully saturated rings. The van der Waals surface area contributed by atoms with E-state index in [1.165, 1.54) is 103 Å². The number of carbonyl (C=O) groups excluding carboxylic acids is 3. The lowest BCUT2D eigenvalue weighted by atomic mass is 9.95. The molecule has 2 heterocycles. The van der Waals surface area contributed by atoms with Crippen LogP contribution in [0.25, 0.3) is 0 Å². The predicted octanol–water partition coefficient (Wildman–Crippen LogP) is 7.31. The molecule has 5 unspecified atom stereocenters. The Labute approximate surface area is 449 Å². The molecule has 0 aliphatic carbocycles. The quantitative estimate of drug-likeness (QED) is 0.0162. The molecule has 0 bridgehead atoms. The van der Waals surface area contributed by atoms with E-state index in [1.54, 1.807) is 0 Å². The average molecular weight is 1100 g/mol. The van der Waals surface area contributed by atoms with E-state index in [0.717, 1.165) is 70.6 Å². The van der Waals surface area contributed by atoms with Gasteiger partial charge in [-0.1, -0.05) is 194 Å². The van der Waals surface area contributed by atoms with Crippen LogP contribution < -0.4 is 21.7 Å². The van der Waals surface area contributed by atoms with Crippen molar-refractivity contribution in [3.05, 3.63) is 0 Å². The van der Waals surface area contributed by atoms with Crippen LogP contribution in [-0.2, 0) is 42.4 Å². The number of unbranched alkanes of at least 4 members (excludes halogenated alkanes) is 26. The van der Waals surface area contributed by atoms with Gasteiger partial charge in [-0.3, -0.25) is 18.9 Å². The van der Waals surface area contributed by atoms with Crippen molar-refractivity contribution in [3.63, 3.8) is 0 Å². The largest absolute Gasteiger partial charge is 0.756 e. The zero-order valence-electron chi connectivity index (χ0n) is 46.5. The van der Waals surface area contributed by atoms with Crippen molar-refractivity contribution < 1.29 is 82.8 Å². The molecule has 0 saturated carbocycles. The molecule has 2 aliphatic rings. The van der Waals surface area contributed by atoms with Crippen molar-refractivity contribution in [2.75, 3.05) is 13.2 Å². The highest BCUT2D eigenvalue weighted by molar-refractivity contribution is 7.44. The van der Waals surface area contributed by atoms with Crippen LogP contribution in [0.15, 0.2) is 0 Å². The van der Waals surface area contributed by atoms with E-state index in [9.17, 15) is 59.4 Å². The minimum absolute atomic E-state index is 0. The highest BCUT2D eigenvalue weighted by Gasteiger charge is 2.50. The maximum Gasteiger partial charge on any atom is 0.306 e. The molecule has 0 aromatic heterocycles. The third-order valence-corrected chi connectivity index (χ3v) is 14.8. The summed E-state index contributed by atoms with van der Waals surface area (Å²) in [5.41, 5.74) is 0. The van der Waals surface area contributed by atoms with E-state index >= 15 is 0 Å². The van der Waals surface area contributed by atoms with Crippen molar-refractivity contribution in [3.8, 4) is 0 Å². The summed E-state index contributed by atoms with van der Waals surface area (Å²) in [6.45, 7) is 4.93. The van der Waals surface area contributed by atoms with Gasteiger partial charge in [0, 0.05) is 6.42 Å². The number of hydrogen-bond donors (Lipinski definition) is 10. The number of aliphatic hydroxyl groups is 6. The van der Waals surface area contributed by atoms with E-state index in [1.807, 2.05) is 0 Å². The van der Waals surface area contributed by atoms with Gasteiger partial charge in [0.25, 0.3) is 7.82 Å². The second kappa shape index (κ2) is 43.0. The third kappa shape index (κ3) is 32.1. The van der Waals surface area contributed by atoms with E-state index in [4.69, 9.17) is 23.5 Å². The Morgan fingerprint density at radius 3 is 1.51 bits per heavy atom. The standard InChI is InChI=1S/C54H103N2O17P.H3N/c1-4-7-10-13-16-19-20-23-26-29-32-35-46(61)70-41(34-31-28-25-22-18-15-12-9-6-3)37-45(60)56-48-51(64)52(73-74(66,67)68)42(38-57)72-54(48)69-39-43-49(62)50(63)47(53(65)71-43)55-44(59)36-40(58)33-30-27-24-21-17-14-11-8-5-2;/h40-43,47-54,57-58,62-65H,4-39H2,1-3H3,(H,55,59)(H,56,60)(H2,66,67,68);1H3/t40-,41-,42?,43?,47+,48+,49-,50?,51?,52-,53+,54-;/m1./s1. The first-order valence-corrected chi connectivity index (χ1v) is 30.5. The Morgan fingerprint density at radius 1 is 0.587 bits per heavy atom. The average Bonchev–Trinajstić information content (AvgIpc) is 3.35. The number of amides is 2. The topological polar surface area (TPSA) is 340 Å². The monoisotopic (exact) mass is 1100 g/mol. The first-order chi connectivity index (χ1) is 35.5. The summed E-state index contributed by atoms with van der Waals surface area (Å²) < 4.78 is 39.6. The van der Waals surface area contributed by atoms with Crippen molar-refractivity contribution in [2.24, 2.45) is 0 Å². The first-order valence-electron chi connectivity index (χ1n) is 29.0. The molecule has 0 aromatic rings. The maximum absolute atomic E-state index is 13.9. The number of quaternary nitrogens is 1. The third-order valence-electron chi connectivity index (χ3n) is 14.3. The highest BCUT2D eigenvalue weighted by Crippen LogP contribution is 2.38. The number of nitrogens with one attached hydrogen (secondary N) is 2. The Kier molecular flexibility index (Phi) is 40.8. The summed E-state index contributed by atoms with van der Waals surface area (Å²) in [7, 11) is -5.56. The summed E-state index contributed by atoms with van der Waals surface area (Å²) in [6.07, 6.45) is 15.9. The first kappa shape index (κ1) is 71.1. The lowest BCUT2D eigenvalue weighted by molar-refractivity contribution is -0.302. The summed E-state index contributed by atoms with van der Waals surface area (Å²) in [5, 5.41) is 70.1. The predicted molar refractivity (Wildman–Crippen MR) is 285 cm³/mol. The van der Waals surface area contributed by atoms with E-state index in [0.29, 0.717) is 25.7 Å². The molecule has 21 heteroatoms. The molecule has 13 N–H and O–H groups in total. The van der Waals surface area contributed by atoms with E-state index in [2.05, 4.69) is 31.4 Å². The minimum Gasteiger partial charge on any atom is -0.756 e. The normalized spacial score (nSPS) is 25.4. The molecule has 75 heavy (non-hydrogen) atoms. The maximum atomic E-state index is 13.9. The molecular formula is C54H106N3O17P. The van der Waals surface area contributed by atoms with Crippen LogP contribution >= 0.6 is 7.82 Å². The number of phosphoric ester groups is 1. The molecule has 2 rings (SSSR count). The van der Waals surface area contributed by atoms with Crippen molar-refractivity contribution in [1.29, 1.82) is 0 Å². The fourth-order valence-corrected chi connectivity index (χ4v) is 10.4. The molecule has 0 spiro atoms. The zero-order chi connectivity index (χ0) is 54.6. The summed E-state index contributed by atoms with van der Waals surface area (Å²) in [4.78, 5) is 61.3. The molecule has 2 amide bonds. The molecule has 20 nitrogen and oxygen atoms in total. The fourth-order valence-electron chi connectivity index (χ4n) is 9.84. The molecule has 13 atom stereocenters. The van der Waals surface area contributed by atoms with E-state index in [-0.39, 0.29) is 25.4 Å². The molecular weight excluding hydrogens is 994 g/mol. The Hall–Kier alpha value is -1.88. The number of hydrogen-bond acceptors (Lipinski definition) is 16. The number of aliphatic hydroxyl groups excluding tert-OH is 6. The number of rotatable bonds is 45. The van der Waals surface area contributed by atoms with Crippen LogP contribution in [0.5, 0.6) is 0 Å². The van der Waals surface area contributed by atoms with Crippen LogP contribution in [0.3, 0.4) is 0 Å². The summed E-state index contributed by atoms with van der Waals surface area (Å²) in [6, 6.07) is -3.16. The van der Waals surface area contributed by atoms with Crippen LogP contribution in [0, 0.1) is 0 Å². The zero-order valence-corrected chi connectivity index (χ0v) is 47.4. The van der Waals surface area contributed by atoms with Gasteiger partial charge in [-0.05, 0) is 25.7 Å². The SMILES string of the molecule is CCCCCCCCCCCCCC(=O)O[C@H](CCCCCCCCCCC)CC(=O)N[C@H]1C(O)[C@H](OP(=O)([O-])O)C(CO)O[C@H]1OCC1O[C@H](O)[C@@H](NC(=O)C[C@H](O)CCCCCCCCCCC)C(O)[C@@H]1O.[NH4+]. The van der Waals surface area contributed by atoms with Crippen molar-refractivity contribution >= 4 is 25.6 Å². The second-order valence-electron chi connectivity index (χ2n) is 21.0. The van der Waals surface area contributed by atoms with Gasteiger partial charge < -0.3 is 80.7 Å². The number of carbonyl (C=O) groups is 3. The van der Waals surface area contributed by atoms with Gasteiger partial charge in [0.2, 0.25) is 11.8 Å². The van der Waals surface area contributed by atoms with Crippen LogP contribution in [0.2, 0.25) is 0 Å². The highest BCUT2D eigenvalue weighted by atomic mass is 31.2. The number of phosphoric acid groups is 1. The van der Waals surface area contributed by atoms with Crippen molar-refractivity contribution in [2.45, 2.75) is 313 Å². The van der Waals surface area contributed by atoms with Gasteiger partial charge in [0.1, 0.15) is 54.8 Å². The summed E-state index contributed by atoms with van der Waals surface area (Å²) in [5.74, 6) is -1.87. The number of ether oxygens (including phenoxy) is 4. The van der Waals surface area contributed by atoms with Gasteiger partial charge in [-0.15, -0.1) is 0 Å². The van der Waals surface area contributed by atoms with Gasteiger partial charge in [-0.2, -0.15) is 0 Å². The Morgan fingerprint density at radius 2 is 1.03 bits per heavy atom. The smallest absolute Gasteiger partial charge is 0.306 e. The van der Waals surface area contributed by atoms with Gasteiger partial charge in [0.15, 0.2) is 12.6 Å². The fraction of sp³-hybridized carbons (Fsp3) is 0.944. The van der Waals surface area contributed by atoms with Gasteiger partial charge >= 0.3 is 5.97 Å².